The highest BCUT2D eigenvalue weighted by Crippen LogP contribution is 2.24. The summed E-state index contributed by atoms with van der Waals surface area (Å²) in [6.45, 7) is 5.96. The predicted molar refractivity (Wildman–Crippen MR) is 60.6 cm³/mol. The van der Waals surface area contributed by atoms with Gasteiger partial charge in [-0.2, -0.15) is 0 Å². The molecule has 0 fully saturated rings. The van der Waals surface area contributed by atoms with Gasteiger partial charge >= 0.3 is 0 Å². The Kier molecular flexibility index (Phi) is 2.42. The molecule has 0 aliphatic rings. The Morgan fingerprint density at radius 1 is 1.43 bits per heavy atom. The minimum atomic E-state index is 0.758. The van der Waals surface area contributed by atoms with Crippen LogP contribution < -0.4 is 0 Å². The Labute approximate surface area is 88.7 Å². The monoisotopic (exact) mass is 204 g/mol. The standard InChI is InChI=1S/C12H11ClN/c1-3-9-7-12-10(6-8(9)2)11(13)4-5-14-12/h4-7H,1,3H2,2H3. The Bertz CT molecular complexity index is 477. The summed E-state index contributed by atoms with van der Waals surface area (Å²) in [5, 5.41) is 1.78. The lowest BCUT2D eigenvalue weighted by Gasteiger charge is -2.06. The summed E-state index contributed by atoms with van der Waals surface area (Å²) >= 11 is 6.07. The molecule has 2 heteroatoms. The van der Waals surface area contributed by atoms with Crippen molar-refractivity contribution in [3.8, 4) is 0 Å². The second-order valence-electron chi connectivity index (χ2n) is 3.34. The van der Waals surface area contributed by atoms with Gasteiger partial charge < -0.3 is 0 Å². The fraction of sp³-hybridized carbons (Fsp3) is 0.167. The minimum absolute atomic E-state index is 0.758. The van der Waals surface area contributed by atoms with Crippen LogP contribution in [0, 0.1) is 13.8 Å². The third-order valence-electron chi connectivity index (χ3n) is 2.42. The van der Waals surface area contributed by atoms with Crippen LogP contribution in [0.3, 0.4) is 0 Å². The molecule has 0 spiro atoms. The van der Waals surface area contributed by atoms with E-state index in [0.717, 1.165) is 22.3 Å². The molecule has 1 radical (unpaired) electrons. The molecule has 2 aromatic rings. The molecule has 1 aromatic heterocycles. The summed E-state index contributed by atoms with van der Waals surface area (Å²) in [5.74, 6) is 0. The van der Waals surface area contributed by atoms with Crippen molar-refractivity contribution in [2.75, 3.05) is 0 Å². The van der Waals surface area contributed by atoms with Gasteiger partial charge in [-0.05, 0) is 49.6 Å². The Hall–Kier alpha value is -1.08. The molecule has 71 valence electrons. The summed E-state index contributed by atoms with van der Waals surface area (Å²) in [6, 6.07) is 5.95. The van der Waals surface area contributed by atoms with Gasteiger partial charge in [0.1, 0.15) is 0 Å². The van der Waals surface area contributed by atoms with E-state index in [9.17, 15) is 0 Å². The first kappa shape index (κ1) is 9.47. The molecule has 1 aromatic carbocycles. The number of hydrogen-bond acceptors (Lipinski definition) is 1. The Balaban J connectivity index is 2.79. The number of fused-ring (bicyclic) bond motifs is 1. The molecule has 0 aliphatic heterocycles. The van der Waals surface area contributed by atoms with Crippen LogP contribution in [-0.2, 0) is 6.42 Å². The molecule has 0 amide bonds. The second-order valence-corrected chi connectivity index (χ2v) is 3.75. The van der Waals surface area contributed by atoms with Crippen LogP contribution in [0.4, 0.5) is 0 Å². The maximum Gasteiger partial charge on any atom is 0.0719 e. The van der Waals surface area contributed by atoms with Gasteiger partial charge in [0.25, 0.3) is 0 Å². The molecule has 0 bridgehead atoms. The van der Waals surface area contributed by atoms with Crippen LogP contribution >= 0.6 is 11.6 Å². The summed E-state index contributed by atoms with van der Waals surface area (Å²) < 4.78 is 0. The van der Waals surface area contributed by atoms with Gasteiger partial charge in [-0.3, -0.25) is 4.98 Å². The van der Waals surface area contributed by atoms with Gasteiger partial charge in [0.15, 0.2) is 0 Å². The van der Waals surface area contributed by atoms with Crippen LogP contribution in [0.2, 0.25) is 5.02 Å². The molecule has 0 atom stereocenters. The minimum Gasteiger partial charge on any atom is -0.256 e. The molecule has 2 rings (SSSR count). The normalized spacial score (nSPS) is 10.8. The van der Waals surface area contributed by atoms with E-state index in [4.69, 9.17) is 11.6 Å². The number of pyridine rings is 1. The average molecular weight is 205 g/mol. The van der Waals surface area contributed by atoms with Crippen molar-refractivity contribution in [1.29, 1.82) is 0 Å². The van der Waals surface area contributed by atoms with Crippen molar-refractivity contribution < 1.29 is 0 Å². The van der Waals surface area contributed by atoms with Gasteiger partial charge in [-0.1, -0.05) is 11.6 Å². The number of hydrogen-bond donors (Lipinski definition) is 0. The lowest BCUT2D eigenvalue weighted by molar-refractivity contribution is 1.22. The van der Waals surface area contributed by atoms with Gasteiger partial charge in [0, 0.05) is 11.6 Å². The summed E-state index contributed by atoms with van der Waals surface area (Å²) in [4.78, 5) is 4.28. The van der Waals surface area contributed by atoms with Crippen molar-refractivity contribution in [2.24, 2.45) is 0 Å². The second kappa shape index (κ2) is 3.58. The maximum atomic E-state index is 6.07. The largest absolute Gasteiger partial charge is 0.256 e. The number of rotatable bonds is 1. The molecule has 1 heterocycles. The molecule has 0 saturated carbocycles. The van der Waals surface area contributed by atoms with E-state index in [1.807, 2.05) is 6.07 Å². The smallest absolute Gasteiger partial charge is 0.0719 e. The quantitative estimate of drug-likeness (QED) is 0.692. The number of nitrogens with zero attached hydrogens (tertiary/aromatic N) is 1. The fourth-order valence-electron chi connectivity index (χ4n) is 1.58. The zero-order valence-electron chi connectivity index (χ0n) is 8.05. The van der Waals surface area contributed by atoms with Crippen molar-refractivity contribution in [1.82, 2.24) is 4.98 Å². The third kappa shape index (κ3) is 1.48. The van der Waals surface area contributed by atoms with Gasteiger partial charge in [0.05, 0.1) is 10.5 Å². The van der Waals surface area contributed by atoms with E-state index in [2.05, 4.69) is 31.0 Å². The highest BCUT2D eigenvalue weighted by molar-refractivity contribution is 6.35. The molecular formula is C12H11ClN. The van der Waals surface area contributed by atoms with Crippen LogP contribution in [0.5, 0.6) is 0 Å². The molecule has 0 unspecified atom stereocenters. The van der Waals surface area contributed by atoms with Crippen LogP contribution in [0.25, 0.3) is 10.9 Å². The van der Waals surface area contributed by atoms with Crippen LogP contribution in [-0.4, -0.2) is 4.98 Å². The highest BCUT2D eigenvalue weighted by Gasteiger charge is 2.03. The van der Waals surface area contributed by atoms with Crippen LogP contribution in [0.15, 0.2) is 24.4 Å². The zero-order valence-corrected chi connectivity index (χ0v) is 8.80. The highest BCUT2D eigenvalue weighted by atomic mass is 35.5. The SMILES string of the molecule is [CH2]Cc1cc2nccc(Cl)c2cc1C. The van der Waals surface area contributed by atoms with Gasteiger partial charge in [-0.25, -0.2) is 0 Å². The first-order chi connectivity index (χ1) is 6.72. The fourth-order valence-corrected chi connectivity index (χ4v) is 1.79. The van der Waals surface area contributed by atoms with Gasteiger partial charge in [0.2, 0.25) is 0 Å². The van der Waals surface area contributed by atoms with E-state index in [1.165, 1.54) is 11.1 Å². The number of aromatic nitrogens is 1. The Morgan fingerprint density at radius 3 is 2.93 bits per heavy atom. The van der Waals surface area contributed by atoms with Crippen molar-refractivity contribution in [3.05, 3.63) is 47.5 Å². The molecule has 14 heavy (non-hydrogen) atoms. The van der Waals surface area contributed by atoms with E-state index in [1.54, 1.807) is 6.20 Å². The lowest BCUT2D eigenvalue weighted by atomic mass is 10.0. The maximum absolute atomic E-state index is 6.07. The van der Waals surface area contributed by atoms with Gasteiger partial charge in [-0.15, -0.1) is 0 Å². The van der Waals surface area contributed by atoms with E-state index < -0.39 is 0 Å². The van der Waals surface area contributed by atoms with E-state index in [-0.39, 0.29) is 0 Å². The predicted octanol–water partition coefficient (Wildman–Crippen LogP) is 3.57. The lowest BCUT2D eigenvalue weighted by Crippen LogP contribution is -1.89. The number of aryl methyl sites for hydroxylation is 1. The molecule has 1 nitrogen and oxygen atoms in total. The molecule has 0 saturated heterocycles. The van der Waals surface area contributed by atoms with E-state index >= 15 is 0 Å². The number of benzene rings is 1. The van der Waals surface area contributed by atoms with E-state index in [0.29, 0.717) is 0 Å². The average Bonchev–Trinajstić information content (AvgIpc) is 2.19. The Morgan fingerprint density at radius 2 is 2.21 bits per heavy atom. The molecule has 0 N–H and O–H groups in total. The van der Waals surface area contributed by atoms with Crippen LogP contribution in [0.1, 0.15) is 11.1 Å². The summed E-state index contributed by atoms with van der Waals surface area (Å²) in [6.07, 6.45) is 2.52. The van der Waals surface area contributed by atoms with Crippen molar-refractivity contribution >= 4 is 22.5 Å². The summed E-state index contributed by atoms with van der Waals surface area (Å²) in [5.41, 5.74) is 3.40. The third-order valence-corrected chi connectivity index (χ3v) is 2.74. The first-order valence-corrected chi connectivity index (χ1v) is 4.93. The first-order valence-electron chi connectivity index (χ1n) is 4.55. The molecular weight excluding hydrogens is 194 g/mol. The summed E-state index contributed by atoms with van der Waals surface area (Å²) in [7, 11) is 0. The van der Waals surface area contributed by atoms with Crippen molar-refractivity contribution in [2.45, 2.75) is 13.3 Å². The van der Waals surface area contributed by atoms with Crippen molar-refractivity contribution in [3.63, 3.8) is 0 Å². The number of halogens is 1. The zero-order chi connectivity index (χ0) is 10.1. The molecule has 0 aliphatic carbocycles. The topological polar surface area (TPSA) is 12.9 Å².